The summed E-state index contributed by atoms with van der Waals surface area (Å²) in [4.78, 5) is 0. The third kappa shape index (κ3) is 1.74. The molecule has 0 atom stereocenters. The molecule has 0 radical (unpaired) electrons. The van der Waals surface area contributed by atoms with E-state index in [1.165, 1.54) is 0 Å². The average Bonchev–Trinajstić information content (AvgIpc) is 2.25. The fourth-order valence-corrected chi connectivity index (χ4v) is 1.72. The topological polar surface area (TPSA) is 40.5 Å². The van der Waals surface area contributed by atoms with E-state index in [-0.39, 0.29) is 11.5 Å². The molecule has 0 saturated carbocycles. The maximum Gasteiger partial charge on any atom is 0.123 e. The van der Waals surface area contributed by atoms with Gasteiger partial charge in [-0.15, -0.1) is 0 Å². The van der Waals surface area contributed by atoms with Crippen LogP contribution in [0.1, 0.15) is 11.1 Å². The minimum absolute atomic E-state index is 0.182. The summed E-state index contributed by atoms with van der Waals surface area (Å²) in [5.74, 6) is 0.380. The van der Waals surface area contributed by atoms with Gasteiger partial charge in [0.05, 0.1) is 0 Å². The summed E-state index contributed by atoms with van der Waals surface area (Å²) in [5.41, 5.74) is 3.46. The Labute approximate surface area is 94.8 Å². The maximum absolute atomic E-state index is 9.88. The molecule has 0 aliphatic heterocycles. The average molecular weight is 214 g/mol. The lowest BCUT2D eigenvalue weighted by Gasteiger charge is -2.09. The number of hydrogen-bond acceptors (Lipinski definition) is 2. The lowest BCUT2D eigenvalue weighted by molar-refractivity contribution is 0.469. The monoisotopic (exact) mass is 214 g/mol. The van der Waals surface area contributed by atoms with Crippen molar-refractivity contribution in [3.63, 3.8) is 0 Å². The van der Waals surface area contributed by atoms with E-state index in [1.54, 1.807) is 24.3 Å². The van der Waals surface area contributed by atoms with Gasteiger partial charge in [0.1, 0.15) is 11.5 Å². The smallest absolute Gasteiger partial charge is 0.123 e. The molecule has 0 unspecified atom stereocenters. The van der Waals surface area contributed by atoms with Crippen molar-refractivity contribution in [2.45, 2.75) is 13.8 Å². The molecule has 0 spiro atoms. The molecule has 2 nitrogen and oxygen atoms in total. The minimum Gasteiger partial charge on any atom is -0.507 e. The molecular weight excluding hydrogens is 200 g/mol. The van der Waals surface area contributed by atoms with Crippen LogP contribution in [0.3, 0.4) is 0 Å². The van der Waals surface area contributed by atoms with Gasteiger partial charge in [0, 0.05) is 11.1 Å². The van der Waals surface area contributed by atoms with Crippen molar-refractivity contribution in [2.75, 3.05) is 0 Å². The molecular formula is C14H14O2. The zero-order chi connectivity index (χ0) is 11.7. The van der Waals surface area contributed by atoms with Crippen LogP contribution in [-0.2, 0) is 0 Å². The molecule has 2 rings (SSSR count). The summed E-state index contributed by atoms with van der Waals surface area (Å²) in [7, 11) is 0. The Morgan fingerprint density at radius 1 is 0.750 bits per heavy atom. The molecule has 0 saturated heterocycles. The Hall–Kier alpha value is -1.96. The van der Waals surface area contributed by atoms with Crippen molar-refractivity contribution >= 4 is 0 Å². The van der Waals surface area contributed by atoms with E-state index in [2.05, 4.69) is 0 Å². The van der Waals surface area contributed by atoms with Crippen molar-refractivity contribution in [3.05, 3.63) is 47.5 Å². The van der Waals surface area contributed by atoms with E-state index in [9.17, 15) is 10.2 Å². The molecule has 0 aromatic heterocycles. The number of phenolic OH excluding ortho intramolecular Hbond substituents is 2. The molecule has 2 N–H and O–H groups in total. The highest BCUT2D eigenvalue weighted by Gasteiger charge is 2.09. The Morgan fingerprint density at radius 3 is 2.06 bits per heavy atom. The molecule has 0 amide bonds. The zero-order valence-electron chi connectivity index (χ0n) is 9.36. The van der Waals surface area contributed by atoms with Crippen LogP contribution in [0.5, 0.6) is 11.5 Å². The van der Waals surface area contributed by atoms with Gasteiger partial charge in [0.2, 0.25) is 0 Å². The molecule has 0 heterocycles. The standard InChI is InChI=1S/C14H14O2/c1-9-7-12(14(16)8-10(9)2)11-5-3-4-6-13(11)15/h3-8,15-16H,1-2H3. The molecule has 0 aliphatic rings. The Bertz CT molecular complexity index is 530. The van der Waals surface area contributed by atoms with Crippen LogP contribution < -0.4 is 0 Å². The van der Waals surface area contributed by atoms with E-state index < -0.39 is 0 Å². The quantitative estimate of drug-likeness (QED) is 0.764. The second-order valence-corrected chi connectivity index (χ2v) is 3.97. The fourth-order valence-electron chi connectivity index (χ4n) is 1.72. The van der Waals surface area contributed by atoms with Gasteiger partial charge in [0.15, 0.2) is 0 Å². The molecule has 82 valence electrons. The highest BCUT2D eigenvalue weighted by Crippen LogP contribution is 2.36. The first-order valence-electron chi connectivity index (χ1n) is 5.18. The number of rotatable bonds is 1. The highest BCUT2D eigenvalue weighted by atomic mass is 16.3. The molecule has 2 aromatic carbocycles. The number of phenols is 2. The van der Waals surface area contributed by atoms with E-state index >= 15 is 0 Å². The van der Waals surface area contributed by atoms with Crippen LogP contribution in [0.15, 0.2) is 36.4 Å². The van der Waals surface area contributed by atoms with Crippen LogP contribution in [-0.4, -0.2) is 10.2 Å². The van der Waals surface area contributed by atoms with Gasteiger partial charge in [-0.1, -0.05) is 18.2 Å². The molecule has 0 aliphatic carbocycles. The SMILES string of the molecule is Cc1cc(O)c(-c2ccccc2O)cc1C. The molecule has 0 fully saturated rings. The van der Waals surface area contributed by atoms with Gasteiger partial charge in [-0.3, -0.25) is 0 Å². The first-order valence-corrected chi connectivity index (χ1v) is 5.18. The van der Waals surface area contributed by atoms with Gasteiger partial charge < -0.3 is 10.2 Å². The predicted molar refractivity (Wildman–Crippen MR) is 64.7 cm³/mol. The molecule has 16 heavy (non-hydrogen) atoms. The lowest BCUT2D eigenvalue weighted by Crippen LogP contribution is -1.85. The van der Waals surface area contributed by atoms with Crippen LogP contribution in [0, 0.1) is 13.8 Å². The van der Waals surface area contributed by atoms with Crippen molar-refractivity contribution < 1.29 is 10.2 Å². The van der Waals surface area contributed by atoms with E-state index in [0.29, 0.717) is 11.1 Å². The van der Waals surface area contributed by atoms with Crippen molar-refractivity contribution in [1.82, 2.24) is 0 Å². The van der Waals surface area contributed by atoms with Crippen LogP contribution >= 0.6 is 0 Å². The second-order valence-electron chi connectivity index (χ2n) is 3.97. The van der Waals surface area contributed by atoms with Crippen molar-refractivity contribution in [1.29, 1.82) is 0 Å². The number of para-hydroxylation sites is 1. The van der Waals surface area contributed by atoms with E-state index in [4.69, 9.17) is 0 Å². The number of benzene rings is 2. The van der Waals surface area contributed by atoms with Crippen molar-refractivity contribution in [3.8, 4) is 22.6 Å². The zero-order valence-corrected chi connectivity index (χ0v) is 9.36. The summed E-state index contributed by atoms with van der Waals surface area (Å²) >= 11 is 0. The molecule has 2 aromatic rings. The van der Waals surface area contributed by atoms with Gasteiger partial charge >= 0.3 is 0 Å². The Kier molecular flexibility index (Phi) is 2.57. The van der Waals surface area contributed by atoms with E-state index in [1.807, 2.05) is 26.0 Å². The van der Waals surface area contributed by atoms with Crippen LogP contribution in [0.2, 0.25) is 0 Å². The lowest BCUT2D eigenvalue weighted by atomic mass is 9.99. The van der Waals surface area contributed by atoms with Crippen LogP contribution in [0.4, 0.5) is 0 Å². The number of hydrogen-bond donors (Lipinski definition) is 2. The maximum atomic E-state index is 9.88. The fraction of sp³-hybridized carbons (Fsp3) is 0.143. The normalized spacial score (nSPS) is 10.4. The summed E-state index contributed by atoms with van der Waals surface area (Å²) in [6, 6.07) is 10.6. The largest absolute Gasteiger partial charge is 0.507 e. The minimum atomic E-state index is 0.182. The summed E-state index contributed by atoms with van der Waals surface area (Å²) in [6.45, 7) is 3.93. The Balaban J connectivity index is 2.65. The van der Waals surface area contributed by atoms with Crippen LogP contribution in [0.25, 0.3) is 11.1 Å². The van der Waals surface area contributed by atoms with E-state index in [0.717, 1.165) is 11.1 Å². The molecule has 0 bridgehead atoms. The van der Waals surface area contributed by atoms with Gasteiger partial charge in [0.25, 0.3) is 0 Å². The predicted octanol–water partition coefficient (Wildman–Crippen LogP) is 3.38. The third-order valence-corrected chi connectivity index (χ3v) is 2.81. The summed E-state index contributed by atoms with van der Waals surface area (Å²) < 4.78 is 0. The van der Waals surface area contributed by atoms with Gasteiger partial charge in [-0.25, -0.2) is 0 Å². The first-order chi connectivity index (χ1) is 7.59. The number of aryl methyl sites for hydroxylation is 2. The summed E-state index contributed by atoms with van der Waals surface area (Å²) in [6.07, 6.45) is 0. The first kappa shape index (κ1) is 10.6. The summed E-state index contributed by atoms with van der Waals surface area (Å²) in [5, 5.41) is 19.6. The second kappa shape index (κ2) is 3.89. The highest BCUT2D eigenvalue weighted by molar-refractivity contribution is 5.76. The van der Waals surface area contributed by atoms with Gasteiger partial charge in [-0.2, -0.15) is 0 Å². The molecule has 2 heteroatoms. The van der Waals surface area contributed by atoms with Crippen molar-refractivity contribution in [2.24, 2.45) is 0 Å². The Morgan fingerprint density at radius 2 is 1.38 bits per heavy atom. The number of aromatic hydroxyl groups is 2. The van der Waals surface area contributed by atoms with Gasteiger partial charge in [-0.05, 0) is 43.2 Å². The third-order valence-electron chi connectivity index (χ3n) is 2.81.